The van der Waals surface area contributed by atoms with E-state index in [4.69, 9.17) is 27.9 Å². The van der Waals surface area contributed by atoms with Gasteiger partial charge in [0.05, 0.1) is 17.9 Å². The van der Waals surface area contributed by atoms with Crippen molar-refractivity contribution in [1.29, 1.82) is 0 Å². The highest BCUT2D eigenvalue weighted by Crippen LogP contribution is 2.37. The van der Waals surface area contributed by atoms with Crippen LogP contribution in [0.5, 0.6) is 5.75 Å². The monoisotopic (exact) mass is 448 g/mol. The first kappa shape index (κ1) is 21.2. The van der Waals surface area contributed by atoms with Crippen molar-refractivity contribution in [2.24, 2.45) is 0 Å². The predicted octanol–water partition coefficient (Wildman–Crippen LogP) is 6.17. The lowest BCUT2D eigenvalue weighted by atomic mass is 9.99. The van der Waals surface area contributed by atoms with Crippen molar-refractivity contribution in [2.75, 3.05) is 7.11 Å². The van der Waals surface area contributed by atoms with Crippen LogP contribution in [0.3, 0.4) is 0 Å². The highest BCUT2D eigenvalue weighted by molar-refractivity contribution is 7.90. The summed E-state index contributed by atoms with van der Waals surface area (Å²) in [5.41, 5.74) is 2.49. The van der Waals surface area contributed by atoms with Crippen LogP contribution in [0.2, 0.25) is 10.0 Å². The van der Waals surface area contributed by atoms with Gasteiger partial charge in [0.2, 0.25) is 0 Å². The molecule has 3 rings (SSSR count). The molecule has 0 amide bonds. The lowest BCUT2D eigenvalue weighted by molar-refractivity contribution is 0.403. The fourth-order valence-corrected chi connectivity index (χ4v) is 5.33. The van der Waals surface area contributed by atoms with E-state index < -0.39 is 15.6 Å². The number of halogens is 2. The number of rotatable bonds is 6. The molecule has 3 aromatic rings. The second-order valence-corrected chi connectivity index (χ2v) is 9.16. The number of hydrogen-bond donors (Lipinski definition) is 1. The summed E-state index contributed by atoms with van der Waals surface area (Å²) < 4.78 is 31.6. The van der Waals surface area contributed by atoms with Crippen LogP contribution in [-0.4, -0.2) is 20.6 Å². The third-order valence-electron chi connectivity index (χ3n) is 4.38. The quantitative estimate of drug-likeness (QED) is 0.457. The number of hydrogen-bond acceptors (Lipinski definition) is 4. The molecule has 0 aliphatic rings. The topological polar surface area (TPSA) is 63.6 Å². The van der Waals surface area contributed by atoms with Crippen molar-refractivity contribution < 1.29 is 18.3 Å². The van der Waals surface area contributed by atoms with Crippen molar-refractivity contribution in [3.63, 3.8) is 0 Å². The summed E-state index contributed by atoms with van der Waals surface area (Å²) in [6, 6.07) is 17.4. The van der Waals surface area contributed by atoms with Gasteiger partial charge >= 0.3 is 0 Å². The standard InChI is InChI=1S/C22H18Cl2O4S/c1-14(25)19-9-8-16(15-6-4-3-5-7-15)10-17(19)13-29(26,27)21-12-18(23)11-20(24)22(21)28-2/h3-12,25H,1,13H2,2H3. The van der Waals surface area contributed by atoms with Crippen molar-refractivity contribution in [3.8, 4) is 16.9 Å². The van der Waals surface area contributed by atoms with Crippen LogP contribution >= 0.6 is 23.2 Å². The number of sulfone groups is 1. The Hall–Kier alpha value is -2.47. The Bertz CT molecular complexity index is 1170. The molecule has 0 aromatic heterocycles. The maximum absolute atomic E-state index is 13.2. The molecule has 150 valence electrons. The van der Waals surface area contributed by atoms with Gasteiger partial charge in [0.25, 0.3) is 0 Å². The third-order valence-corrected chi connectivity index (χ3v) is 6.55. The molecule has 3 aromatic carbocycles. The van der Waals surface area contributed by atoms with E-state index in [1.165, 1.54) is 19.2 Å². The van der Waals surface area contributed by atoms with Crippen molar-refractivity contribution >= 4 is 38.8 Å². The number of benzene rings is 3. The molecule has 29 heavy (non-hydrogen) atoms. The Kier molecular flexibility index (Phi) is 6.22. The van der Waals surface area contributed by atoms with Gasteiger partial charge in [-0.25, -0.2) is 8.42 Å². The van der Waals surface area contributed by atoms with Gasteiger partial charge in [-0.15, -0.1) is 0 Å². The Labute approximate surface area is 179 Å². The number of methoxy groups -OCH3 is 1. The van der Waals surface area contributed by atoms with Gasteiger partial charge < -0.3 is 9.84 Å². The molecule has 0 heterocycles. The van der Waals surface area contributed by atoms with Crippen molar-refractivity contribution in [1.82, 2.24) is 0 Å². The first-order valence-electron chi connectivity index (χ1n) is 8.55. The van der Waals surface area contributed by atoms with Crippen LogP contribution in [0.25, 0.3) is 16.9 Å². The lowest BCUT2D eigenvalue weighted by Crippen LogP contribution is -2.09. The molecule has 1 N–H and O–H groups in total. The average molecular weight is 449 g/mol. The molecule has 0 atom stereocenters. The van der Waals surface area contributed by atoms with Gasteiger partial charge in [0.1, 0.15) is 10.7 Å². The zero-order chi connectivity index (χ0) is 21.2. The highest BCUT2D eigenvalue weighted by Gasteiger charge is 2.25. The molecule has 0 spiro atoms. The minimum atomic E-state index is -3.90. The first-order valence-corrected chi connectivity index (χ1v) is 11.0. The Morgan fingerprint density at radius 2 is 1.72 bits per heavy atom. The number of aliphatic hydroxyl groups excluding tert-OH is 1. The van der Waals surface area contributed by atoms with Gasteiger partial charge in [-0.1, -0.05) is 72.2 Å². The molecule has 0 radical (unpaired) electrons. The maximum atomic E-state index is 13.2. The SMILES string of the molecule is C=C(O)c1ccc(-c2ccccc2)cc1CS(=O)(=O)c1cc(Cl)cc(Cl)c1OC. The molecule has 0 saturated heterocycles. The van der Waals surface area contributed by atoms with Gasteiger partial charge in [-0.3, -0.25) is 0 Å². The molecule has 4 nitrogen and oxygen atoms in total. The highest BCUT2D eigenvalue weighted by atomic mass is 35.5. The fraction of sp³-hybridized carbons (Fsp3) is 0.0909. The molecule has 0 bridgehead atoms. The summed E-state index contributed by atoms with van der Waals surface area (Å²) in [5, 5.41) is 10.2. The van der Waals surface area contributed by atoms with E-state index in [1.807, 2.05) is 30.3 Å². The summed E-state index contributed by atoms with van der Waals surface area (Å²) in [7, 11) is -2.56. The van der Waals surface area contributed by atoms with Crippen LogP contribution in [-0.2, 0) is 15.6 Å². The molecule has 0 aliphatic carbocycles. The summed E-state index contributed by atoms with van der Waals surface area (Å²) in [6.45, 7) is 3.55. The van der Waals surface area contributed by atoms with Crippen LogP contribution < -0.4 is 4.74 Å². The maximum Gasteiger partial charge on any atom is 0.186 e. The normalized spacial score (nSPS) is 11.3. The Morgan fingerprint density at radius 3 is 2.34 bits per heavy atom. The molecular formula is C22H18Cl2O4S. The molecule has 0 unspecified atom stereocenters. The van der Waals surface area contributed by atoms with E-state index >= 15 is 0 Å². The van der Waals surface area contributed by atoms with Crippen LogP contribution in [0.1, 0.15) is 11.1 Å². The summed E-state index contributed by atoms with van der Waals surface area (Å²) in [4.78, 5) is -0.114. The van der Waals surface area contributed by atoms with E-state index in [1.54, 1.807) is 18.2 Å². The summed E-state index contributed by atoms with van der Waals surface area (Å²) in [5.74, 6) is -0.583. The predicted molar refractivity (Wildman–Crippen MR) is 117 cm³/mol. The zero-order valence-electron chi connectivity index (χ0n) is 15.5. The van der Waals surface area contributed by atoms with Gasteiger partial charge in [0.15, 0.2) is 15.6 Å². The Morgan fingerprint density at radius 1 is 1.03 bits per heavy atom. The van der Waals surface area contributed by atoms with Crippen LogP contribution in [0.4, 0.5) is 0 Å². The minimum absolute atomic E-state index is 0.0275. The third kappa shape index (κ3) is 4.58. The van der Waals surface area contributed by atoms with Crippen molar-refractivity contribution in [2.45, 2.75) is 10.6 Å². The van der Waals surface area contributed by atoms with E-state index in [0.717, 1.165) is 11.1 Å². The van der Waals surface area contributed by atoms with E-state index in [2.05, 4.69) is 6.58 Å². The molecule has 7 heteroatoms. The van der Waals surface area contributed by atoms with Crippen LogP contribution in [0, 0.1) is 0 Å². The van der Waals surface area contributed by atoms with E-state index in [9.17, 15) is 13.5 Å². The molecule has 0 fully saturated rings. The second-order valence-electron chi connectivity index (χ2n) is 6.36. The smallest absolute Gasteiger partial charge is 0.186 e. The molecule has 0 saturated carbocycles. The lowest BCUT2D eigenvalue weighted by Gasteiger charge is -2.15. The largest absolute Gasteiger partial charge is 0.508 e. The first-order chi connectivity index (χ1) is 13.7. The average Bonchev–Trinajstić information content (AvgIpc) is 2.67. The molecular weight excluding hydrogens is 431 g/mol. The van der Waals surface area contributed by atoms with Gasteiger partial charge in [0, 0.05) is 10.6 Å². The number of aliphatic hydroxyl groups is 1. The van der Waals surface area contributed by atoms with E-state index in [0.29, 0.717) is 11.1 Å². The van der Waals surface area contributed by atoms with Gasteiger partial charge in [-0.2, -0.15) is 0 Å². The second kappa shape index (κ2) is 8.49. The summed E-state index contributed by atoms with van der Waals surface area (Å²) in [6.07, 6.45) is 0. The fourth-order valence-electron chi connectivity index (χ4n) is 3.05. The van der Waals surface area contributed by atoms with Crippen LogP contribution in [0.15, 0.2) is 72.1 Å². The zero-order valence-corrected chi connectivity index (χ0v) is 17.9. The van der Waals surface area contributed by atoms with Gasteiger partial charge in [-0.05, 0) is 34.9 Å². The number of ether oxygens (including phenoxy) is 1. The Balaban J connectivity index is 2.12. The minimum Gasteiger partial charge on any atom is -0.508 e. The van der Waals surface area contributed by atoms with Crippen molar-refractivity contribution in [3.05, 3.63) is 88.4 Å². The molecule has 0 aliphatic heterocycles. The summed E-state index contributed by atoms with van der Waals surface area (Å²) >= 11 is 12.1. The van der Waals surface area contributed by atoms with E-state index in [-0.39, 0.29) is 26.4 Å².